The van der Waals surface area contributed by atoms with Crippen LogP contribution in [-0.4, -0.2) is 82.9 Å². The molecule has 0 spiro atoms. The lowest BCUT2D eigenvalue weighted by molar-refractivity contribution is 0.0610. The number of benzene rings is 1. The van der Waals surface area contributed by atoms with Crippen molar-refractivity contribution in [3.05, 3.63) is 45.7 Å². The number of anilines is 2. The van der Waals surface area contributed by atoms with E-state index in [4.69, 9.17) is 28.5 Å². The monoisotopic (exact) mass is 580 g/mol. The number of halogens is 1. The van der Waals surface area contributed by atoms with Crippen molar-refractivity contribution in [3.63, 3.8) is 0 Å². The fourth-order valence-corrected chi connectivity index (χ4v) is 6.09. The van der Waals surface area contributed by atoms with Gasteiger partial charge >= 0.3 is 0 Å². The van der Waals surface area contributed by atoms with E-state index in [9.17, 15) is 10.1 Å². The summed E-state index contributed by atoms with van der Waals surface area (Å²) in [6.45, 7) is 9.79. The molecule has 2 aromatic rings. The number of nitrogens with one attached hydrogen (secondary N) is 2. The van der Waals surface area contributed by atoms with Crippen molar-refractivity contribution in [2.45, 2.75) is 64.6 Å². The molecule has 11 nitrogen and oxygen atoms in total. The average molecular weight is 581 g/mol. The smallest absolute Gasteiger partial charge is 0.273 e. The number of aromatic nitrogens is 2. The molecule has 6 N–H and O–H groups in total. The maximum atomic E-state index is 12.6. The highest BCUT2D eigenvalue weighted by atomic mass is 35.5. The number of hydrogen-bond donors (Lipinski definition) is 4. The molecule has 0 unspecified atom stereocenters. The molecule has 1 aromatic carbocycles. The second-order valence-electron chi connectivity index (χ2n) is 11.0. The fraction of sp³-hybridized carbons (Fsp3) is 0.552. The van der Waals surface area contributed by atoms with E-state index in [0.717, 1.165) is 75.2 Å². The van der Waals surface area contributed by atoms with Crippen LogP contribution in [0.3, 0.4) is 0 Å². The van der Waals surface area contributed by atoms with Gasteiger partial charge in [-0.3, -0.25) is 20.0 Å². The van der Waals surface area contributed by atoms with E-state index >= 15 is 0 Å². The summed E-state index contributed by atoms with van der Waals surface area (Å²) in [5, 5.41) is 19.7. The van der Waals surface area contributed by atoms with Crippen LogP contribution >= 0.6 is 11.6 Å². The molecule has 0 saturated carbocycles. The molecule has 41 heavy (non-hydrogen) atoms. The van der Waals surface area contributed by atoms with Crippen molar-refractivity contribution in [3.8, 4) is 6.07 Å². The summed E-state index contributed by atoms with van der Waals surface area (Å²) in [6.07, 6.45) is 4.13. The molecule has 1 amide bonds. The summed E-state index contributed by atoms with van der Waals surface area (Å²) < 4.78 is 0. The quantitative estimate of drug-likeness (QED) is 0.188. The van der Waals surface area contributed by atoms with E-state index in [1.54, 1.807) is 0 Å². The minimum Gasteiger partial charge on any atom is -0.388 e. The Labute approximate surface area is 247 Å². The zero-order valence-corrected chi connectivity index (χ0v) is 24.8. The predicted molar refractivity (Wildman–Crippen MR) is 162 cm³/mol. The van der Waals surface area contributed by atoms with Gasteiger partial charge in [0.05, 0.1) is 17.5 Å². The Balaban J connectivity index is 1.33. The lowest BCUT2D eigenvalue weighted by atomic mass is 9.97. The van der Waals surface area contributed by atoms with E-state index < -0.39 is 5.91 Å². The Morgan fingerprint density at radius 2 is 2.00 bits per heavy atom. The van der Waals surface area contributed by atoms with Crippen LogP contribution in [0.1, 0.15) is 66.2 Å². The number of piperidine rings is 1. The van der Waals surface area contributed by atoms with Gasteiger partial charge in [0.15, 0.2) is 22.5 Å². The lowest BCUT2D eigenvalue weighted by Gasteiger charge is -2.47. The summed E-state index contributed by atoms with van der Waals surface area (Å²) in [5.74, 6) is 0.192. The number of carbonyl (C=O) groups excluding carboxylic acids is 1. The van der Waals surface area contributed by atoms with Crippen molar-refractivity contribution in [1.29, 1.82) is 10.7 Å². The van der Waals surface area contributed by atoms with Crippen molar-refractivity contribution >= 4 is 35.0 Å². The van der Waals surface area contributed by atoms with Crippen LogP contribution < -0.4 is 21.7 Å². The van der Waals surface area contributed by atoms with Crippen molar-refractivity contribution < 1.29 is 4.79 Å². The van der Waals surface area contributed by atoms with E-state index in [1.807, 2.05) is 13.0 Å². The van der Waals surface area contributed by atoms with E-state index in [2.05, 4.69) is 55.1 Å². The number of hydrogen-bond acceptors (Lipinski definition) is 9. The lowest BCUT2D eigenvalue weighted by Crippen LogP contribution is -2.58. The summed E-state index contributed by atoms with van der Waals surface area (Å²) in [4.78, 5) is 28.6. The highest BCUT2D eigenvalue weighted by Gasteiger charge is 2.34. The van der Waals surface area contributed by atoms with Crippen LogP contribution in [0.2, 0.25) is 5.15 Å². The number of nitrogens with zero attached hydrogens (tertiary/aromatic N) is 6. The first-order valence-corrected chi connectivity index (χ1v) is 14.7. The van der Waals surface area contributed by atoms with Gasteiger partial charge in [-0.15, -0.1) is 0 Å². The number of piperazine rings is 1. The third-order valence-electron chi connectivity index (χ3n) is 8.09. The Morgan fingerprint density at radius 3 is 2.68 bits per heavy atom. The molecule has 1 aromatic heterocycles. The number of amides is 1. The third-order valence-corrected chi connectivity index (χ3v) is 8.35. The third kappa shape index (κ3) is 7.64. The van der Waals surface area contributed by atoms with Gasteiger partial charge in [0.25, 0.3) is 5.91 Å². The molecule has 2 aliphatic rings. The normalized spacial score (nSPS) is 18.7. The van der Waals surface area contributed by atoms with Crippen LogP contribution in [0.25, 0.3) is 0 Å². The summed E-state index contributed by atoms with van der Waals surface area (Å²) in [7, 11) is 0. The zero-order chi connectivity index (χ0) is 29.5. The molecule has 4 rings (SSSR count). The van der Waals surface area contributed by atoms with Crippen LogP contribution in [0.4, 0.5) is 11.6 Å². The molecule has 3 heterocycles. The Hall–Kier alpha value is -3.46. The number of nitriles is 1. The molecule has 0 bridgehead atoms. The second-order valence-corrected chi connectivity index (χ2v) is 11.3. The maximum absolute atomic E-state index is 12.6. The van der Waals surface area contributed by atoms with Crippen LogP contribution in [0, 0.1) is 23.7 Å². The van der Waals surface area contributed by atoms with Gasteiger partial charge < -0.3 is 21.7 Å². The molecule has 2 saturated heterocycles. The number of amidine groups is 1. The molecule has 0 radical (unpaired) electrons. The minimum atomic E-state index is -0.444. The van der Waals surface area contributed by atoms with Crippen molar-refractivity contribution in [2.75, 3.05) is 49.9 Å². The first kappa shape index (κ1) is 30.5. The van der Waals surface area contributed by atoms with Crippen LogP contribution in [0.5, 0.6) is 0 Å². The molecule has 220 valence electrons. The van der Waals surface area contributed by atoms with Gasteiger partial charge in [0.1, 0.15) is 0 Å². The first-order chi connectivity index (χ1) is 19.7. The van der Waals surface area contributed by atoms with Gasteiger partial charge in [-0.2, -0.15) is 5.26 Å². The maximum Gasteiger partial charge on any atom is 0.273 e. The molecular weight excluding hydrogens is 540 g/mol. The van der Waals surface area contributed by atoms with E-state index in [1.165, 1.54) is 0 Å². The summed E-state index contributed by atoms with van der Waals surface area (Å²) in [6, 6.07) is 9.34. The topological polar surface area (TPSA) is 164 Å². The van der Waals surface area contributed by atoms with E-state index in [0.29, 0.717) is 37.3 Å². The van der Waals surface area contributed by atoms with Gasteiger partial charge in [-0.25, -0.2) is 9.97 Å². The largest absolute Gasteiger partial charge is 0.388 e. The summed E-state index contributed by atoms with van der Waals surface area (Å²) >= 11 is 6.54. The molecule has 12 heteroatoms. The molecule has 0 aliphatic carbocycles. The Morgan fingerprint density at radius 1 is 1.24 bits per heavy atom. The Bertz CT molecular complexity index is 1290. The standard InChI is InChI=1S/C29H41ClN10O/c1-3-22-18-39(28-26(30)36-25(27(34)37-28)29(41)35-10-4-5-24(32)33)13-14-40(22)23-8-11-38(12-9-23)17-20-7-6-19(2)15-21(20)16-31/h6-7,15,22-23H,3-5,8-14,17-18H2,1-2H3,(H3,32,33)(H2,34,37)(H,35,41)/t22-/m0/s1. The first-order valence-electron chi connectivity index (χ1n) is 14.4. The van der Waals surface area contributed by atoms with Crippen molar-refractivity contribution in [1.82, 2.24) is 25.1 Å². The van der Waals surface area contributed by atoms with Gasteiger partial charge in [0.2, 0.25) is 0 Å². The predicted octanol–water partition coefficient (Wildman–Crippen LogP) is 2.90. The second kappa shape index (κ2) is 13.9. The SMILES string of the molecule is CC[C@H]1CN(c2nc(N)c(C(=O)NCCCC(=N)N)nc2Cl)CCN1C1CCN(Cc2ccc(C)cc2C#N)CC1. The van der Waals surface area contributed by atoms with Gasteiger partial charge in [0, 0.05) is 51.2 Å². The van der Waals surface area contributed by atoms with E-state index in [-0.39, 0.29) is 22.5 Å². The van der Waals surface area contributed by atoms with Crippen LogP contribution in [0.15, 0.2) is 18.2 Å². The average Bonchev–Trinajstić information content (AvgIpc) is 2.97. The molecule has 2 fully saturated rings. The molecular formula is C29H41ClN10O. The molecule has 1 atom stereocenters. The van der Waals surface area contributed by atoms with Crippen LogP contribution in [-0.2, 0) is 6.54 Å². The number of nitrogen functional groups attached to an aromatic ring is 1. The highest BCUT2D eigenvalue weighted by Crippen LogP contribution is 2.30. The highest BCUT2D eigenvalue weighted by molar-refractivity contribution is 6.32. The molecule has 2 aliphatic heterocycles. The Kier molecular flexibility index (Phi) is 10.4. The zero-order valence-electron chi connectivity index (χ0n) is 24.0. The number of likely N-dealkylation sites (tertiary alicyclic amines) is 1. The minimum absolute atomic E-state index is 0.00606. The number of rotatable bonds is 10. The number of aryl methyl sites for hydroxylation is 1. The number of nitrogens with two attached hydrogens (primary N) is 2. The summed E-state index contributed by atoms with van der Waals surface area (Å²) in [5.41, 5.74) is 14.5. The van der Waals surface area contributed by atoms with Crippen molar-refractivity contribution in [2.24, 2.45) is 5.73 Å². The number of carbonyl (C=O) groups is 1. The van der Waals surface area contributed by atoms with Gasteiger partial charge in [-0.1, -0.05) is 30.7 Å². The fourth-order valence-electron chi connectivity index (χ4n) is 5.84. The van der Waals surface area contributed by atoms with Gasteiger partial charge in [-0.05, 0) is 62.9 Å².